The number of hydrogen-bond acceptors (Lipinski definition) is 2. The normalized spacial score (nSPS) is 10.6. The summed E-state index contributed by atoms with van der Waals surface area (Å²) in [5, 5.41) is 0. The standard InChI is InChI=1S/C21H26N2O2/c1-17(2)14-22(18(3)24)16-21(25)23(20-12-8-5-9-13-20)15-19-10-6-4-7-11-19/h4-13,17H,14-16H2,1-3H3. The van der Waals surface area contributed by atoms with Gasteiger partial charge in [-0.25, -0.2) is 0 Å². The van der Waals surface area contributed by atoms with Gasteiger partial charge in [0.25, 0.3) is 0 Å². The molecule has 2 rings (SSSR count). The van der Waals surface area contributed by atoms with Crippen molar-refractivity contribution in [2.45, 2.75) is 27.3 Å². The van der Waals surface area contributed by atoms with Crippen LogP contribution in [-0.4, -0.2) is 29.8 Å². The molecule has 0 atom stereocenters. The predicted octanol–water partition coefficient (Wildman–Crippen LogP) is 3.72. The summed E-state index contributed by atoms with van der Waals surface area (Å²) in [5.74, 6) is 0.164. The first kappa shape index (κ1) is 18.7. The van der Waals surface area contributed by atoms with Crippen LogP contribution in [0, 0.1) is 5.92 Å². The van der Waals surface area contributed by atoms with Crippen molar-refractivity contribution in [3.05, 3.63) is 66.2 Å². The highest BCUT2D eigenvalue weighted by Crippen LogP contribution is 2.18. The van der Waals surface area contributed by atoms with Crippen LogP contribution in [-0.2, 0) is 16.1 Å². The minimum Gasteiger partial charge on any atom is -0.333 e. The molecule has 2 amide bonds. The van der Waals surface area contributed by atoms with Gasteiger partial charge in [0.2, 0.25) is 11.8 Å². The lowest BCUT2D eigenvalue weighted by Crippen LogP contribution is -2.43. The van der Waals surface area contributed by atoms with Gasteiger partial charge in [-0.2, -0.15) is 0 Å². The molecule has 4 nitrogen and oxygen atoms in total. The van der Waals surface area contributed by atoms with E-state index in [2.05, 4.69) is 0 Å². The van der Waals surface area contributed by atoms with Crippen molar-refractivity contribution >= 4 is 17.5 Å². The highest BCUT2D eigenvalue weighted by Gasteiger charge is 2.21. The topological polar surface area (TPSA) is 40.6 Å². The smallest absolute Gasteiger partial charge is 0.246 e. The number of hydrogen-bond donors (Lipinski definition) is 0. The number of para-hydroxylation sites is 1. The van der Waals surface area contributed by atoms with Crippen LogP contribution in [0.5, 0.6) is 0 Å². The molecule has 0 bridgehead atoms. The van der Waals surface area contributed by atoms with Crippen molar-refractivity contribution in [1.29, 1.82) is 0 Å². The Hall–Kier alpha value is -2.62. The highest BCUT2D eigenvalue weighted by atomic mass is 16.2. The van der Waals surface area contributed by atoms with E-state index >= 15 is 0 Å². The third-order valence-corrected chi connectivity index (χ3v) is 3.91. The van der Waals surface area contributed by atoms with E-state index in [1.165, 1.54) is 6.92 Å². The summed E-state index contributed by atoms with van der Waals surface area (Å²) in [6.45, 7) is 6.75. The van der Waals surface area contributed by atoms with Gasteiger partial charge in [0, 0.05) is 19.2 Å². The molecule has 0 saturated heterocycles. The molecule has 132 valence electrons. The maximum absolute atomic E-state index is 13.0. The van der Waals surface area contributed by atoms with Crippen LogP contribution in [0.15, 0.2) is 60.7 Å². The monoisotopic (exact) mass is 338 g/mol. The first-order valence-electron chi connectivity index (χ1n) is 8.62. The molecule has 25 heavy (non-hydrogen) atoms. The zero-order valence-corrected chi connectivity index (χ0v) is 15.2. The lowest BCUT2D eigenvalue weighted by Gasteiger charge is -2.28. The van der Waals surface area contributed by atoms with Crippen LogP contribution in [0.1, 0.15) is 26.3 Å². The molecular weight excluding hydrogens is 312 g/mol. The van der Waals surface area contributed by atoms with Crippen molar-refractivity contribution in [3.63, 3.8) is 0 Å². The number of anilines is 1. The van der Waals surface area contributed by atoms with Crippen LogP contribution in [0.3, 0.4) is 0 Å². The lowest BCUT2D eigenvalue weighted by molar-refractivity contribution is -0.134. The third-order valence-electron chi connectivity index (χ3n) is 3.91. The molecule has 0 aromatic heterocycles. The minimum atomic E-state index is -0.0779. The van der Waals surface area contributed by atoms with E-state index in [4.69, 9.17) is 0 Å². The second kappa shape index (κ2) is 9.02. The van der Waals surface area contributed by atoms with Crippen molar-refractivity contribution in [2.75, 3.05) is 18.0 Å². The maximum atomic E-state index is 13.0. The molecule has 0 spiro atoms. The first-order chi connectivity index (χ1) is 12.0. The van der Waals surface area contributed by atoms with Crippen LogP contribution in [0.25, 0.3) is 0 Å². The molecule has 0 unspecified atom stereocenters. The van der Waals surface area contributed by atoms with E-state index in [0.717, 1.165) is 11.3 Å². The summed E-state index contributed by atoms with van der Waals surface area (Å²) < 4.78 is 0. The van der Waals surface area contributed by atoms with Crippen molar-refractivity contribution in [1.82, 2.24) is 4.90 Å². The van der Waals surface area contributed by atoms with Crippen LogP contribution < -0.4 is 4.90 Å². The van der Waals surface area contributed by atoms with E-state index < -0.39 is 0 Å². The summed E-state index contributed by atoms with van der Waals surface area (Å²) in [6, 6.07) is 19.5. The van der Waals surface area contributed by atoms with Crippen LogP contribution in [0.4, 0.5) is 5.69 Å². The van der Waals surface area contributed by atoms with Gasteiger partial charge in [-0.15, -0.1) is 0 Å². The second-order valence-electron chi connectivity index (χ2n) is 6.59. The SMILES string of the molecule is CC(=O)N(CC(=O)N(Cc1ccccc1)c1ccccc1)CC(C)C. The molecule has 0 heterocycles. The molecule has 0 aliphatic heterocycles. The van der Waals surface area contributed by atoms with Crippen molar-refractivity contribution in [3.8, 4) is 0 Å². The van der Waals surface area contributed by atoms with E-state index in [9.17, 15) is 9.59 Å². The molecule has 0 saturated carbocycles. The maximum Gasteiger partial charge on any atom is 0.246 e. The van der Waals surface area contributed by atoms with E-state index in [0.29, 0.717) is 19.0 Å². The number of nitrogens with zero attached hydrogens (tertiary/aromatic N) is 2. The average molecular weight is 338 g/mol. The summed E-state index contributed by atoms with van der Waals surface area (Å²) >= 11 is 0. The van der Waals surface area contributed by atoms with Gasteiger partial charge in [0.05, 0.1) is 6.54 Å². The van der Waals surface area contributed by atoms with Gasteiger partial charge in [-0.1, -0.05) is 62.4 Å². The first-order valence-corrected chi connectivity index (χ1v) is 8.62. The van der Waals surface area contributed by atoms with E-state index in [-0.39, 0.29) is 18.4 Å². The molecular formula is C21H26N2O2. The molecule has 0 N–H and O–H groups in total. The molecule has 4 heteroatoms. The second-order valence-corrected chi connectivity index (χ2v) is 6.59. The van der Waals surface area contributed by atoms with E-state index in [1.54, 1.807) is 9.80 Å². The fourth-order valence-electron chi connectivity index (χ4n) is 2.69. The quantitative estimate of drug-likeness (QED) is 0.772. The Morgan fingerprint density at radius 3 is 2.00 bits per heavy atom. The zero-order chi connectivity index (χ0) is 18.2. The van der Waals surface area contributed by atoms with Gasteiger partial charge in [0.15, 0.2) is 0 Å². The van der Waals surface area contributed by atoms with Crippen molar-refractivity contribution in [2.24, 2.45) is 5.92 Å². The Balaban J connectivity index is 2.22. The Morgan fingerprint density at radius 2 is 1.48 bits per heavy atom. The number of carbonyl (C=O) groups is 2. The molecule has 0 radical (unpaired) electrons. The number of carbonyl (C=O) groups excluding carboxylic acids is 2. The van der Waals surface area contributed by atoms with E-state index in [1.807, 2.05) is 74.5 Å². The van der Waals surface area contributed by atoms with Gasteiger partial charge in [0.1, 0.15) is 6.54 Å². The molecule has 0 fully saturated rings. The van der Waals surface area contributed by atoms with Gasteiger partial charge in [-0.3, -0.25) is 9.59 Å². The fourth-order valence-corrected chi connectivity index (χ4v) is 2.69. The number of rotatable bonds is 7. The Bertz CT molecular complexity index is 684. The number of amides is 2. The lowest BCUT2D eigenvalue weighted by atomic mass is 10.1. The molecule has 0 aliphatic rings. The Kier molecular flexibility index (Phi) is 6.75. The summed E-state index contributed by atoms with van der Waals surface area (Å²) in [7, 11) is 0. The minimum absolute atomic E-state index is 0.0743. The molecule has 2 aromatic rings. The van der Waals surface area contributed by atoms with Gasteiger partial charge < -0.3 is 9.80 Å². The van der Waals surface area contributed by atoms with Crippen LogP contribution in [0.2, 0.25) is 0 Å². The predicted molar refractivity (Wildman–Crippen MR) is 101 cm³/mol. The third kappa shape index (κ3) is 5.75. The van der Waals surface area contributed by atoms with Gasteiger partial charge >= 0.3 is 0 Å². The summed E-state index contributed by atoms with van der Waals surface area (Å²) in [4.78, 5) is 28.2. The van der Waals surface area contributed by atoms with Crippen molar-refractivity contribution < 1.29 is 9.59 Å². The fraction of sp³-hybridized carbons (Fsp3) is 0.333. The molecule has 0 aliphatic carbocycles. The largest absolute Gasteiger partial charge is 0.333 e. The van der Waals surface area contributed by atoms with Gasteiger partial charge in [-0.05, 0) is 23.6 Å². The Labute approximate surface area is 150 Å². The Morgan fingerprint density at radius 1 is 0.920 bits per heavy atom. The van der Waals surface area contributed by atoms with Crippen LogP contribution >= 0.6 is 0 Å². The average Bonchev–Trinajstić information content (AvgIpc) is 2.60. The zero-order valence-electron chi connectivity index (χ0n) is 15.2. The highest BCUT2D eigenvalue weighted by molar-refractivity contribution is 5.96. The summed E-state index contributed by atoms with van der Waals surface area (Å²) in [5.41, 5.74) is 1.89. The number of benzene rings is 2. The summed E-state index contributed by atoms with van der Waals surface area (Å²) in [6.07, 6.45) is 0. The molecule has 2 aromatic carbocycles.